The summed E-state index contributed by atoms with van der Waals surface area (Å²) >= 11 is 0. The van der Waals surface area contributed by atoms with E-state index in [0.717, 1.165) is 44.2 Å². The van der Waals surface area contributed by atoms with Crippen LogP contribution in [0, 0.1) is 0 Å². The molecule has 0 aliphatic carbocycles. The van der Waals surface area contributed by atoms with Crippen LogP contribution < -0.4 is 9.47 Å². The molecule has 1 aromatic carbocycles. The van der Waals surface area contributed by atoms with Crippen molar-refractivity contribution in [3.63, 3.8) is 0 Å². The molecule has 0 aromatic heterocycles. The van der Waals surface area contributed by atoms with Crippen LogP contribution in [0.1, 0.15) is 27.2 Å². The SMILES string of the molecule is CCCOc1ccccc1OCCN1CC(C)OC(C)C1. The lowest BCUT2D eigenvalue weighted by Gasteiger charge is -2.35. The Morgan fingerprint density at radius 2 is 1.62 bits per heavy atom. The molecular weight excluding hydrogens is 266 g/mol. The van der Waals surface area contributed by atoms with Gasteiger partial charge in [0.1, 0.15) is 6.61 Å². The Balaban J connectivity index is 1.80. The van der Waals surface area contributed by atoms with Gasteiger partial charge < -0.3 is 14.2 Å². The van der Waals surface area contributed by atoms with Gasteiger partial charge >= 0.3 is 0 Å². The van der Waals surface area contributed by atoms with Crippen LogP contribution in [0.5, 0.6) is 11.5 Å². The molecule has 4 heteroatoms. The summed E-state index contributed by atoms with van der Waals surface area (Å²) in [5.41, 5.74) is 0. The molecule has 1 heterocycles. The first kappa shape index (κ1) is 16.1. The average molecular weight is 293 g/mol. The van der Waals surface area contributed by atoms with Gasteiger partial charge in [-0.15, -0.1) is 0 Å². The minimum absolute atomic E-state index is 0.300. The second-order valence-electron chi connectivity index (χ2n) is 5.66. The molecule has 0 radical (unpaired) electrons. The van der Waals surface area contributed by atoms with Gasteiger partial charge in [0.25, 0.3) is 0 Å². The van der Waals surface area contributed by atoms with Crippen molar-refractivity contribution in [2.45, 2.75) is 39.4 Å². The molecule has 0 N–H and O–H groups in total. The second-order valence-corrected chi connectivity index (χ2v) is 5.66. The van der Waals surface area contributed by atoms with Gasteiger partial charge in [-0.2, -0.15) is 0 Å². The zero-order valence-electron chi connectivity index (χ0n) is 13.4. The lowest BCUT2D eigenvalue weighted by molar-refractivity contribution is -0.0699. The van der Waals surface area contributed by atoms with E-state index in [2.05, 4.69) is 25.7 Å². The van der Waals surface area contributed by atoms with Crippen LogP contribution in [0.2, 0.25) is 0 Å². The second kappa shape index (κ2) is 8.25. The highest BCUT2D eigenvalue weighted by Gasteiger charge is 2.21. The number of nitrogens with zero attached hydrogens (tertiary/aromatic N) is 1. The molecule has 2 atom stereocenters. The van der Waals surface area contributed by atoms with Crippen LogP contribution in [0.3, 0.4) is 0 Å². The zero-order valence-corrected chi connectivity index (χ0v) is 13.4. The van der Waals surface area contributed by atoms with Crippen LogP contribution in [-0.4, -0.2) is 50.0 Å². The molecule has 1 aliphatic heterocycles. The molecule has 1 fully saturated rings. The first-order chi connectivity index (χ1) is 10.2. The zero-order chi connectivity index (χ0) is 15.1. The van der Waals surface area contributed by atoms with Crippen molar-refractivity contribution in [1.29, 1.82) is 0 Å². The van der Waals surface area contributed by atoms with Gasteiger partial charge in [-0.3, -0.25) is 4.90 Å². The summed E-state index contributed by atoms with van der Waals surface area (Å²) in [6.07, 6.45) is 1.60. The molecule has 21 heavy (non-hydrogen) atoms. The molecule has 2 rings (SSSR count). The predicted octanol–water partition coefficient (Wildman–Crippen LogP) is 2.96. The van der Waals surface area contributed by atoms with Crippen LogP contribution >= 0.6 is 0 Å². The molecule has 118 valence electrons. The highest BCUT2D eigenvalue weighted by molar-refractivity contribution is 5.39. The summed E-state index contributed by atoms with van der Waals surface area (Å²) in [5.74, 6) is 1.67. The van der Waals surface area contributed by atoms with Crippen molar-refractivity contribution in [2.75, 3.05) is 32.8 Å². The third-order valence-electron chi connectivity index (χ3n) is 3.47. The van der Waals surface area contributed by atoms with Crippen molar-refractivity contribution < 1.29 is 14.2 Å². The van der Waals surface area contributed by atoms with Gasteiger partial charge in [0.05, 0.1) is 18.8 Å². The van der Waals surface area contributed by atoms with E-state index in [4.69, 9.17) is 14.2 Å². The number of rotatable bonds is 7. The van der Waals surface area contributed by atoms with Crippen LogP contribution in [0.4, 0.5) is 0 Å². The van der Waals surface area contributed by atoms with Crippen molar-refractivity contribution in [3.8, 4) is 11.5 Å². The molecular formula is C17H27NO3. The standard InChI is InChI=1S/C17H27NO3/c1-4-10-19-16-7-5-6-8-17(16)20-11-9-18-12-14(2)21-15(3)13-18/h5-8,14-15H,4,9-13H2,1-3H3. The summed E-state index contributed by atoms with van der Waals surface area (Å²) in [7, 11) is 0. The maximum Gasteiger partial charge on any atom is 0.161 e. The molecule has 0 amide bonds. The molecule has 1 aromatic rings. The summed E-state index contributed by atoms with van der Waals surface area (Å²) < 4.78 is 17.3. The number of hydrogen-bond donors (Lipinski definition) is 0. The van der Waals surface area contributed by atoms with Crippen molar-refractivity contribution >= 4 is 0 Å². The summed E-state index contributed by atoms with van der Waals surface area (Å²) in [4.78, 5) is 2.40. The first-order valence-corrected chi connectivity index (χ1v) is 7.91. The third-order valence-corrected chi connectivity index (χ3v) is 3.47. The number of benzene rings is 1. The Morgan fingerprint density at radius 3 is 2.19 bits per heavy atom. The minimum atomic E-state index is 0.300. The van der Waals surface area contributed by atoms with Crippen LogP contribution in [0.15, 0.2) is 24.3 Å². The average Bonchev–Trinajstić information content (AvgIpc) is 2.45. The van der Waals surface area contributed by atoms with Gasteiger partial charge in [-0.05, 0) is 32.4 Å². The smallest absolute Gasteiger partial charge is 0.161 e. The van der Waals surface area contributed by atoms with Crippen molar-refractivity contribution in [3.05, 3.63) is 24.3 Å². The molecule has 0 saturated carbocycles. The molecule has 0 bridgehead atoms. The molecule has 1 aliphatic rings. The Labute approximate surface area is 128 Å². The lowest BCUT2D eigenvalue weighted by Crippen LogP contribution is -2.46. The minimum Gasteiger partial charge on any atom is -0.490 e. The summed E-state index contributed by atoms with van der Waals surface area (Å²) in [6, 6.07) is 7.88. The van der Waals surface area contributed by atoms with E-state index < -0.39 is 0 Å². The topological polar surface area (TPSA) is 30.9 Å². The number of para-hydroxylation sites is 2. The fourth-order valence-electron chi connectivity index (χ4n) is 2.65. The maximum absolute atomic E-state index is 5.90. The van der Waals surface area contributed by atoms with Gasteiger partial charge in [-0.1, -0.05) is 19.1 Å². The Bertz CT molecular complexity index is 414. The van der Waals surface area contributed by atoms with Gasteiger partial charge in [-0.25, -0.2) is 0 Å². The van der Waals surface area contributed by atoms with Gasteiger partial charge in [0.15, 0.2) is 11.5 Å². The van der Waals surface area contributed by atoms with E-state index in [-0.39, 0.29) is 0 Å². The quantitative estimate of drug-likeness (QED) is 0.773. The van der Waals surface area contributed by atoms with Crippen molar-refractivity contribution in [2.24, 2.45) is 0 Å². The van der Waals surface area contributed by atoms with Gasteiger partial charge in [0.2, 0.25) is 0 Å². The van der Waals surface area contributed by atoms with E-state index in [1.807, 2.05) is 24.3 Å². The highest BCUT2D eigenvalue weighted by atomic mass is 16.5. The fraction of sp³-hybridized carbons (Fsp3) is 0.647. The van der Waals surface area contributed by atoms with Gasteiger partial charge in [0, 0.05) is 19.6 Å². The predicted molar refractivity (Wildman–Crippen MR) is 84.2 cm³/mol. The van der Waals surface area contributed by atoms with Crippen LogP contribution in [0.25, 0.3) is 0 Å². The normalized spacial score (nSPS) is 23.0. The Hall–Kier alpha value is -1.26. The monoisotopic (exact) mass is 293 g/mol. The molecule has 4 nitrogen and oxygen atoms in total. The van der Waals surface area contributed by atoms with E-state index >= 15 is 0 Å². The molecule has 2 unspecified atom stereocenters. The Morgan fingerprint density at radius 1 is 1.05 bits per heavy atom. The first-order valence-electron chi connectivity index (χ1n) is 7.91. The number of morpholine rings is 1. The fourth-order valence-corrected chi connectivity index (χ4v) is 2.65. The molecule has 0 spiro atoms. The third kappa shape index (κ3) is 5.21. The van der Waals surface area contributed by atoms with E-state index in [1.54, 1.807) is 0 Å². The lowest BCUT2D eigenvalue weighted by atomic mass is 10.2. The number of ether oxygens (including phenoxy) is 3. The number of hydrogen-bond acceptors (Lipinski definition) is 4. The highest BCUT2D eigenvalue weighted by Crippen LogP contribution is 2.26. The van der Waals surface area contributed by atoms with Crippen molar-refractivity contribution in [1.82, 2.24) is 4.90 Å². The summed E-state index contributed by atoms with van der Waals surface area (Å²) in [5, 5.41) is 0. The largest absolute Gasteiger partial charge is 0.490 e. The van der Waals surface area contributed by atoms with E-state index in [9.17, 15) is 0 Å². The van der Waals surface area contributed by atoms with E-state index in [0.29, 0.717) is 18.8 Å². The summed E-state index contributed by atoms with van der Waals surface area (Å²) in [6.45, 7) is 10.6. The Kier molecular flexibility index (Phi) is 6.33. The van der Waals surface area contributed by atoms with E-state index in [1.165, 1.54) is 0 Å². The van der Waals surface area contributed by atoms with Crippen LogP contribution in [-0.2, 0) is 4.74 Å². The maximum atomic E-state index is 5.90. The molecule has 1 saturated heterocycles.